The van der Waals surface area contributed by atoms with Crippen molar-refractivity contribution in [3.63, 3.8) is 0 Å². The van der Waals surface area contributed by atoms with Crippen LogP contribution >= 0.6 is 0 Å². The molecular weight excluding hydrogens is 423 g/mol. The molecule has 1 fully saturated rings. The summed E-state index contributed by atoms with van der Waals surface area (Å²) in [5.74, 6) is 0.258. The number of aliphatic hydroxyl groups excluding tert-OH is 1. The zero-order valence-corrected chi connectivity index (χ0v) is 19.2. The normalized spacial score (nSPS) is 23.7. The summed E-state index contributed by atoms with van der Waals surface area (Å²) in [5, 5.41) is 25.5. The third-order valence-electron chi connectivity index (χ3n) is 6.72. The van der Waals surface area contributed by atoms with E-state index in [-0.39, 0.29) is 36.8 Å². The molecule has 0 aliphatic carbocycles. The minimum absolute atomic E-state index is 0.00532. The Morgan fingerprint density at radius 2 is 2.09 bits per heavy atom. The maximum Gasteiger partial charge on any atom is 0.231 e. The summed E-state index contributed by atoms with van der Waals surface area (Å²) < 4.78 is 20.1. The third kappa shape index (κ3) is 4.86. The second-order valence-corrected chi connectivity index (χ2v) is 9.39. The van der Waals surface area contributed by atoms with E-state index >= 15 is 0 Å². The molecule has 2 aliphatic rings. The number of amides is 1. The van der Waals surface area contributed by atoms with Gasteiger partial charge in [0, 0.05) is 23.6 Å². The summed E-state index contributed by atoms with van der Waals surface area (Å²) in [4.78, 5) is 14.1. The summed E-state index contributed by atoms with van der Waals surface area (Å²) in [6, 6.07) is 11.8. The van der Waals surface area contributed by atoms with Gasteiger partial charge in [-0.05, 0) is 48.2 Å². The first-order valence-electron chi connectivity index (χ1n) is 11.3. The van der Waals surface area contributed by atoms with E-state index in [0.29, 0.717) is 24.2 Å². The van der Waals surface area contributed by atoms with E-state index in [4.69, 9.17) is 10.1 Å². The second-order valence-electron chi connectivity index (χ2n) is 9.39. The fourth-order valence-electron chi connectivity index (χ4n) is 4.34. The Labute approximate surface area is 193 Å². The molecule has 0 saturated carbocycles. The zero-order valence-electron chi connectivity index (χ0n) is 19.2. The van der Waals surface area contributed by atoms with Crippen LogP contribution in [-0.2, 0) is 11.3 Å². The molecule has 8 heteroatoms. The summed E-state index contributed by atoms with van der Waals surface area (Å²) >= 11 is 0. The molecule has 0 aromatic heterocycles. The van der Waals surface area contributed by atoms with Crippen LogP contribution in [0, 0.1) is 17.1 Å². The average molecular weight is 455 g/mol. The highest BCUT2D eigenvalue weighted by Gasteiger charge is 2.40. The number of carbonyl (C=O) groups excluding carboxylic acids is 1. The van der Waals surface area contributed by atoms with Crippen molar-refractivity contribution in [1.82, 2.24) is 15.5 Å². The Kier molecular flexibility index (Phi) is 6.41. The Balaban J connectivity index is 1.49. The van der Waals surface area contributed by atoms with Crippen LogP contribution in [0.5, 0.6) is 5.75 Å². The number of nitrogens with one attached hydrogen (secondary N) is 3. The lowest BCUT2D eigenvalue weighted by Gasteiger charge is -2.43. The molecule has 0 bridgehead atoms. The fraction of sp³-hybridized carbons (Fsp3) is 0.440. The molecule has 2 aromatic rings. The van der Waals surface area contributed by atoms with Crippen LogP contribution in [0.3, 0.4) is 0 Å². The molecule has 33 heavy (non-hydrogen) atoms. The number of aliphatic hydroxyl groups is 1. The van der Waals surface area contributed by atoms with Gasteiger partial charge in [0.05, 0.1) is 19.6 Å². The number of ether oxygens (including phenoxy) is 1. The molecule has 4 rings (SSSR count). The van der Waals surface area contributed by atoms with Crippen molar-refractivity contribution in [2.45, 2.75) is 58.0 Å². The molecule has 2 aromatic carbocycles. The van der Waals surface area contributed by atoms with Crippen LogP contribution in [0.4, 0.5) is 4.39 Å². The highest BCUT2D eigenvalue weighted by atomic mass is 19.1. The molecule has 176 valence electrons. The van der Waals surface area contributed by atoms with E-state index in [0.717, 1.165) is 11.3 Å². The van der Waals surface area contributed by atoms with Crippen LogP contribution in [0.15, 0.2) is 42.5 Å². The van der Waals surface area contributed by atoms with Gasteiger partial charge in [-0.2, -0.15) is 0 Å². The van der Waals surface area contributed by atoms with Gasteiger partial charge in [0.1, 0.15) is 17.8 Å². The maximum atomic E-state index is 14.5. The zero-order chi connectivity index (χ0) is 23.8. The van der Waals surface area contributed by atoms with Crippen LogP contribution < -0.4 is 15.4 Å². The van der Waals surface area contributed by atoms with Gasteiger partial charge < -0.3 is 15.2 Å². The number of halogens is 1. The van der Waals surface area contributed by atoms with Gasteiger partial charge in [0.25, 0.3) is 0 Å². The molecule has 1 unspecified atom stereocenters. The largest absolute Gasteiger partial charge is 0.493 e. The van der Waals surface area contributed by atoms with E-state index in [2.05, 4.69) is 10.6 Å². The first-order chi connectivity index (χ1) is 15.7. The van der Waals surface area contributed by atoms with E-state index in [1.54, 1.807) is 6.07 Å². The Morgan fingerprint density at radius 3 is 2.82 bits per heavy atom. The number of benzene rings is 2. The number of carbonyl (C=O) groups is 1. The van der Waals surface area contributed by atoms with Crippen molar-refractivity contribution < 1.29 is 19.0 Å². The number of hydrogen-bond donors (Lipinski definition) is 4. The molecular formula is C25H31FN4O3. The molecule has 3 atom stereocenters. The number of rotatable bonds is 6. The molecule has 1 saturated heterocycles. The summed E-state index contributed by atoms with van der Waals surface area (Å²) in [6.45, 7) is 6.52. The van der Waals surface area contributed by atoms with Crippen LogP contribution in [-0.4, -0.2) is 34.0 Å². The molecule has 1 amide bonds. The summed E-state index contributed by atoms with van der Waals surface area (Å²) in [6.07, 6.45) is -0.173. The van der Waals surface area contributed by atoms with Crippen molar-refractivity contribution in [2.24, 2.45) is 5.92 Å². The first kappa shape index (κ1) is 23.2. The molecule has 2 aliphatic heterocycles. The molecule has 0 spiro atoms. The summed E-state index contributed by atoms with van der Waals surface area (Å²) in [5.41, 5.74) is 1.33. The van der Waals surface area contributed by atoms with Gasteiger partial charge in [-0.3, -0.25) is 20.4 Å². The van der Waals surface area contributed by atoms with Crippen molar-refractivity contribution in [3.8, 4) is 5.75 Å². The van der Waals surface area contributed by atoms with Gasteiger partial charge in [-0.1, -0.05) is 32.0 Å². The molecule has 7 nitrogen and oxygen atoms in total. The molecule has 4 N–H and O–H groups in total. The van der Waals surface area contributed by atoms with E-state index < -0.39 is 17.6 Å². The standard InChI is InChI=1S/C25H31FN4O3/c1-15(2)25(3)13-22(31)30(24(27)29-25)14-16-10-17(12-18(26)11-16)23(32)28-20-8-9-33-21-7-5-4-6-19(20)21/h4-7,10-12,15,20,23,28,32H,8-9,13-14H2,1-3H3,(H2,27,29)/t20-,23?,25-/m0/s1. The van der Waals surface area contributed by atoms with E-state index in [1.807, 2.05) is 45.0 Å². The number of guanidine groups is 1. The van der Waals surface area contributed by atoms with Gasteiger partial charge in [-0.15, -0.1) is 0 Å². The minimum atomic E-state index is -1.10. The molecule has 2 heterocycles. The monoisotopic (exact) mass is 454 g/mol. The van der Waals surface area contributed by atoms with Crippen molar-refractivity contribution >= 4 is 11.9 Å². The third-order valence-corrected chi connectivity index (χ3v) is 6.72. The van der Waals surface area contributed by atoms with Crippen molar-refractivity contribution in [3.05, 3.63) is 65.0 Å². The van der Waals surface area contributed by atoms with E-state index in [1.165, 1.54) is 17.0 Å². The lowest BCUT2D eigenvalue weighted by molar-refractivity contribution is -0.131. The minimum Gasteiger partial charge on any atom is -0.493 e. The summed E-state index contributed by atoms with van der Waals surface area (Å²) in [7, 11) is 0. The fourth-order valence-corrected chi connectivity index (χ4v) is 4.34. The first-order valence-corrected chi connectivity index (χ1v) is 11.3. The van der Waals surface area contributed by atoms with Crippen LogP contribution in [0.25, 0.3) is 0 Å². The van der Waals surface area contributed by atoms with Gasteiger partial charge in [-0.25, -0.2) is 4.39 Å². The second kappa shape index (κ2) is 9.11. The number of hydrogen-bond acceptors (Lipinski definition) is 5. The quantitative estimate of drug-likeness (QED) is 0.500. The number of nitrogens with zero attached hydrogens (tertiary/aromatic N) is 1. The topological polar surface area (TPSA) is 97.7 Å². The Hall–Kier alpha value is -2.97. The molecule has 0 radical (unpaired) electrons. The number of para-hydroxylation sites is 1. The Bertz CT molecular complexity index is 1040. The smallest absolute Gasteiger partial charge is 0.231 e. The lowest BCUT2D eigenvalue weighted by Crippen LogP contribution is -2.62. The highest BCUT2D eigenvalue weighted by Crippen LogP contribution is 2.33. The highest BCUT2D eigenvalue weighted by molar-refractivity contribution is 5.99. The lowest BCUT2D eigenvalue weighted by atomic mass is 9.83. The predicted molar refractivity (Wildman–Crippen MR) is 123 cm³/mol. The van der Waals surface area contributed by atoms with Crippen molar-refractivity contribution in [2.75, 3.05) is 6.61 Å². The number of fused-ring (bicyclic) bond motifs is 1. The van der Waals surface area contributed by atoms with Crippen LogP contribution in [0.1, 0.15) is 62.6 Å². The van der Waals surface area contributed by atoms with E-state index in [9.17, 15) is 14.3 Å². The van der Waals surface area contributed by atoms with Crippen LogP contribution in [0.2, 0.25) is 0 Å². The van der Waals surface area contributed by atoms with Gasteiger partial charge in [0.15, 0.2) is 5.96 Å². The maximum absolute atomic E-state index is 14.5. The Morgan fingerprint density at radius 1 is 1.33 bits per heavy atom. The van der Waals surface area contributed by atoms with Crippen molar-refractivity contribution in [1.29, 1.82) is 5.41 Å². The average Bonchev–Trinajstić information content (AvgIpc) is 2.76. The van der Waals surface area contributed by atoms with Gasteiger partial charge in [0.2, 0.25) is 5.91 Å². The predicted octanol–water partition coefficient (Wildman–Crippen LogP) is 3.60. The SMILES string of the molecule is CC(C)[C@]1(C)CC(=O)N(Cc2cc(F)cc(C(O)N[C@H]3CCOc4ccccc43)c2)C(=N)N1. The van der Waals surface area contributed by atoms with Gasteiger partial charge >= 0.3 is 0 Å².